The van der Waals surface area contributed by atoms with Gasteiger partial charge >= 0.3 is 0 Å². The Labute approximate surface area is 159 Å². The average Bonchev–Trinajstić information content (AvgIpc) is 2.62. The third-order valence-electron chi connectivity index (χ3n) is 4.80. The molecular formula is C21H24FNO3S. The third-order valence-corrected chi connectivity index (χ3v) is 6.32. The van der Waals surface area contributed by atoms with E-state index in [0.717, 1.165) is 24.1 Å². The number of aryl methyl sites for hydroxylation is 1. The van der Waals surface area contributed by atoms with Crippen LogP contribution in [0, 0.1) is 5.82 Å². The van der Waals surface area contributed by atoms with Gasteiger partial charge in [-0.05, 0) is 36.1 Å². The molecule has 0 atom stereocenters. The van der Waals surface area contributed by atoms with Crippen LogP contribution in [0.3, 0.4) is 0 Å². The Kier molecular flexibility index (Phi) is 5.95. The first-order chi connectivity index (χ1) is 12.9. The van der Waals surface area contributed by atoms with E-state index in [1.165, 1.54) is 12.1 Å². The molecule has 0 bridgehead atoms. The van der Waals surface area contributed by atoms with Gasteiger partial charge in [0.25, 0.3) is 0 Å². The maximum atomic E-state index is 13.8. The van der Waals surface area contributed by atoms with E-state index in [9.17, 15) is 17.6 Å². The molecule has 27 heavy (non-hydrogen) atoms. The lowest BCUT2D eigenvalue weighted by atomic mass is 9.99. The van der Waals surface area contributed by atoms with Crippen molar-refractivity contribution in [2.45, 2.75) is 44.1 Å². The molecule has 1 amide bonds. The minimum atomic E-state index is -3.50. The first kappa shape index (κ1) is 19.5. The predicted molar refractivity (Wildman–Crippen MR) is 105 cm³/mol. The molecule has 0 fully saturated rings. The second-order valence-electron chi connectivity index (χ2n) is 6.99. The lowest BCUT2D eigenvalue weighted by molar-refractivity contribution is -0.118. The van der Waals surface area contributed by atoms with Crippen molar-refractivity contribution in [1.82, 2.24) is 0 Å². The molecule has 3 rings (SSSR count). The van der Waals surface area contributed by atoms with Gasteiger partial charge in [-0.15, -0.1) is 0 Å². The zero-order valence-electron chi connectivity index (χ0n) is 15.4. The SMILES string of the molecule is CCCCN1C(=O)CCc2cc(CS(=O)(=O)Cc3ccccc3F)ccc21. The molecule has 1 aliphatic rings. The number of fused-ring (bicyclic) bond motifs is 1. The molecule has 0 unspecified atom stereocenters. The van der Waals surface area contributed by atoms with Crippen molar-refractivity contribution in [2.75, 3.05) is 11.4 Å². The highest BCUT2D eigenvalue weighted by Gasteiger charge is 2.24. The quantitative estimate of drug-likeness (QED) is 0.719. The maximum absolute atomic E-state index is 13.8. The van der Waals surface area contributed by atoms with E-state index in [1.807, 2.05) is 12.1 Å². The van der Waals surface area contributed by atoms with E-state index in [2.05, 4.69) is 6.92 Å². The van der Waals surface area contributed by atoms with E-state index in [0.29, 0.717) is 24.9 Å². The number of carbonyl (C=O) groups is 1. The van der Waals surface area contributed by atoms with Gasteiger partial charge in [-0.25, -0.2) is 12.8 Å². The summed E-state index contributed by atoms with van der Waals surface area (Å²) < 4.78 is 38.8. The molecule has 2 aromatic carbocycles. The van der Waals surface area contributed by atoms with Gasteiger partial charge in [0, 0.05) is 24.2 Å². The van der Waals surface area contributed by atoms with Crippen LogP contribution in [0.2, 0.25) is 0 Å². The molecular weight excluding hydrogens is 365 g/mol. The van der Waals surface area contributed by atoms with Crippen molar-refractivity contribution >= 4 is 21.4 Å². The summed E-state index contributed by atoms with van der Waals surface area (Å²) in [5.74, 6) is -0.845. The van der Waals surface area contributed by atoms with Gasteiger partial charge in [-0.1, -0.05) is 43.7 Å². The second kappa shape index (κ2) is 8.21. The highest BCUT2D eigenvalue weighted by Crippen LogP contribution is 2.30. The first-order valence-corrected chi connectivity index (χ1v) is 11.1. The van der Waals surface area contributed by atoms with Crippen molar-refractivity contribution in [3.63, 3.8) is 0 Å². The molecule has 6 heteroatoms. The Hall–Kier alpha value is -2.21. The van der Waals surface area contributed by atoms with Crippen LogP contribution in [0.15, 0.2) is 42.5 Å². The van der Waals surface area contributed by atoms with Crippen LogP contribution in [0.4, 0.5) is 10.1 Å². The largest absolute Gasteiger partial charge is 0.312 e. The maximum Gasteiger partial charge on any atom is 0.227 e. The Morgan fingerprint density at radius 3 is 2.59 bits per heavy atom. The van der Waals surface area contributed by atoms with E-state index < -0.39 is 15.7 Å². The number of benzene rings is 2. The Balaban J connectivity index is 1.79. The van der Waals surface area contributed by atoms with Gasteiger partial charge < -0.3 is 4.90 Å². The van der Waals surface area contributed by atoms with Crippen molar-refractivity contribution in [1.29, 1.82) is 0 Å². The fourth-order valence-corrected chi connectivity index (χ4v) is 4.92. The zero-order chi connectivity index (χ0) is 19.4. The van der Waals surface area contributed by atoms with Crippen LogP contribution in [0.5, 0.6) is 0 Å². The molecule has 0 saturated carbocycles. The molecule has 0 saturated heterocycles. The molecule has 144 valence electrons. The number of amides is 1. The first-order valence-electron chi connectivity index (χ1n) is 9.25. The second-order valence-corrected chi connectivity index (χ2v) is 9.05. The van der Waals surface area contributed by atoms with Gasteiger partial charge in [0.2, 0.25) is 5.91 Å². The van der Waals surface area contributed by atoms with Crippen molar-refractivity contribution in [3.8, 4) is 0 Å². The van der Waals surface area contributed by atoms with Crippen LogP contribution in [0.25, 0.3) is 0 Å². The van der Waals surface area contributed by atoms with Crippen LogP contribution in [-0.2, 0) is 32.6 Å². The number of carbonyl (C=O) groups excluding carboxylic acids is 1. The van der Waals surface area contributed by atoms with E-state index in [1.54, 1.807) is 23.1 Å². The molecule has 0 aliphatic carbocycles. The Morgan fingerprint density at radius 2 is 1.85 bits per heavy atom. The van der Waals surface area contributed by atoms with Crippen LogP contribution < -0.4 is 4.90 Å². The summed E-state index contributed by atoms with van der Waals surface area (Å²) in [4.78, 5) is 14.0. The van der Waals surface area contributed by atoms with E-state index in [-0.39, 0.29) is 23.0 Å². The molecule has 1 aliphatic heterocycles. The summed E-state index contributed by atoms with van der Waals surface area (Å²) in [6.45, 7) is 2.77. The molecule has 0 aromatic heterocycles. The highest BCUT2D eigenvalue weighted by molar-refractivity contribution is 7.89. The number of hydrogen-bond acceptors (Lipinski definition) is 3. The zero-order valence-corrected chi connectivity index (χ0v) is 16.3. The van der Waals surface area contributed by atoms with Crippen LogP contribution >= 0.6 is 0 Å². The average molecular weight is 389 g/mol. The minimum absolute atomic E-state index is 0.121. The van der Waals surface area contributed by atoms with E-state index >= 15 is 0 Å². The summed E-state index contributed by atoms with van der Waals surface area (Å²) in [5, 5.41) is 0. The number of rotatable bonds is 7. The van der Waals surface area contributed by atoms with Gasteiger partial charge in [0.15, 0.2) is 9.84 Å². The normalized spacial score (nSPS) is 14.3. The minimum Gasteiger partial charge on any atom is -0.312 e. The lowest BCUT2D eigenvalue weighted by Gasteiger charge is -2.29. The monoisotopic (exact) mass is 389 g/mol. The summed E-state index contributed by atoms with van der Waals surface area (Å²) in [6.07, 6.45) is 3.01. The molecule has 0 radical (unpaired) electrons. The molecule has 0 spiro atoms. The molecule has 2 aromatic rings. The van der Waals surface area contributed by atoms with Crippen LogP contribution in [-0.4, -0.2) is 20.9 Å². The smallest absolute Gasteiger partial charge is 0.227 e. The van der Waals surface area contributed by atoms with Crippen molar-refractivity contribution in [3.05, 3.63) is 65.0 Å². The number of halogens is 1. The number of unbranched alkanes of at least 4 members (excludes halogenated alkanes) is 1. The van der Waals surface area contributed by atoms with Crippen LogP contribution in [0.1, 0.15) is 42.9 Å². The third kappa shape index (κ3) is 4.75. The lowest BCUT2D eigenvalue weighted by Crippen LogP contribution is -2.35. The summed E-state index contributed by atoms with van der Waals surface area (Å²) >= 11 is 0. The number of anilines is 1. The van der Waals surface area contributed by atoms with Gasteiger partial charge in [-0.3, -0.25) is 4.79 Å². The topological polar surface area (TPSA) is 54.5 Å². The highest BCUT2D eigenvalue weighted by atomic mass is 32.2. The van der Waals surface area contributed by atoms with Gasteiger partial charge in [0.05, 0.1) is 11.5 Å². The Morgan fingerprint density at radius 1 is 1.07 bits per heavy atom. The van der Waals surface area contributed by atoms with E-state index in [4.69, 9.17) is 0 Å². The standard InChI is InChI=1S/C21H24FNO3S/c1-2-3-12-23-20-10-8-16(13-17(20)9-11-21(23)24)14-27(25,26)15-18-6-4-5-7-19(18)22/h4-8,10,13H,2-3,9,11-12,14-15H2,1H3. The summed E-state index contributed by atoms with van der Waals surface area (Å²) in [5.41, 5.74) is 2.75. The fourth-order valence-electron chi connectivity index (χ4n) is 3.42. The number of nitrogens with zero attached hydrogens (tertiary/aromatic N) is 1. The van der Waals surface area contributed by atoms with Crippen molar-refractivity contribution < 1.29 is 17.6 Å². The Bertz CT molecular complexity index is 940. The summed E-state index contributed by atoms with van der Waals surface area (Å²) in [6, 6.07) is 11.4. The number of sulfone groups is 1. The fraction of sp³-hybridized carbons (Fsp3) is 0.381. The molecule has 4 nitrogen and oxygen atoms in total. The van der Waals surface area contributed by atoms with Crippen molar-refractivity contribution in [2.24, 2.45) is 0 Å². The number of hydrogen-bond donors (Lipinski definition) is 0. The predicted octanol–water partition coefficient (Wildman–Crippen LogP) is 4.02. The van der Waals surface area contributed by atoms with Gasteiger partial charge in [-0.2, -0.15) is 0 Å². The molecule has 1 heterocycles. The van der Waals surface area contributed by atoms with Gasteiger partial charge in [0.1, 0.15) is 5.82 Å². The molecule has 0 N–H and O–H groups in total. The summed E-state index contributed by atoms with van der Waals surface area (Å²) in [7, 11) is -3.50.